The standard InChI is InChI=1S/C12H17NO5S/c1-13(19(16,17)8-7-12(14)15)9-10-5-3-4-6-11(10)18-2/h3-6H,7-9H2,1-2H3,(H,14,15). The first-order valence-electron chi connectivity index (χ1n) is 5.64. The number of carboxylic acid groups (broad SMARTS) is 1. The van der Waals surface area contributed by atoms with Gasteiger partial charge in [-0.15, -0.1) is 0 Å². The molecular weight excluding hydrogens is 270 g/mol. The molecule has 19 heavy (non-hydrogen) atoms. The van der Waals surface area contributed by atoms with E-state index in [0.29, 0.717) is 5.75 Å². The molecule has 0 amide bonds. The molecule has 0 spiro atoms. The van der Waals surface area contributed by atoms with Crippen molar-refractivity contribution < 1.29 is 23.1 Å². The van der Waals surface area contributed by atoms with Crippen LogP contribution in [0.25, 0.3) is 0 Å². The Bertz CT molecular complexity index is 541. The van der Waals surface area contributed by atoms with Crippen molar-refractivity contribution in [3.05, 3.63) is 29.8 Å². The van der Waals surface area contributed by atoms with E-state index in [1.807, 2.05) is 0 Å². The highest BCUT2D eigenvalue weighted by Gasteiger charge is 2.20. The molecule has 0 atom stereocenters. The molecule has 1 rings (SSSR count). The second-order valence-electron chi connectivity index (χ2n) is 4.03. The summed E-state index contributed by atoms with van der Waals surface area (Å²) < 4.78 is 30.0. The minimum absolute atomic E-state index is 0.145. The van der Waals surface area contributed by atoms with Gasteiger partial charge < -0.3 is 9.84 Å². The van der Waals surface area contributed by atoms with Crippen molar-refractivity contribution in [1.29, 1.82) is 0 Å². The van der Waals surface area contributed by atoms with E-state index >= 15 is 0 Å². The van der Waals surface area contributed by atoms with Crippen LogP contribution in [0.1, 0.15) is 12.0 Å². The largest absolute Gasteiger partial charge is 0.496 e. The van der Waals surface area contributed by atoms with Gasteiger partial charge in [0.05, 0.1) is 19.3 Å². The van der Waals surface area contributed by atoms with Crippen LogP contribution in [0.15, 0.2) is 24.3 Å². The van der Waals surface area contributed by atoms with E-state index in [9.17, 15) is 13.2 Å². The lowest BCUT2D eigenvalue weighted by Gasteiger charge is -2.18. The Morgan fingerprint density at radius 3 is 2.58 bits per heavy atom. The normalized spacial score (nSPS) is 11.5. The second kappa shape index (κ2) is 6.53. The molecule has 0 aromatic heterocycles. The Hall–Kier alpha value is -1.60. The number of para-hydroxylation sites is 1. The molecule has 0 saturated heterocycles. The number of sulfonamides is 1. The zero-order valence-electron chi connectivity index (χ0n) is 10.9. The molecule has 0 saturated carbocycles. The van der Waals surface area contributed by atoms with Gasteiger partial charge in [-0.1, -0.05) is 18.2 Å². The van der Waals surface area contributed by atoms with Crippen molar-refractivity contribution >= 4 is 16.0 Å². The predicted molar refractivity (Wildman–Crippen MR) is 70.5 cm³/mol. The van der Waals surface area contributed by atoms with E-state index in [0.717, 1.165) is 9.87 Å². The van der Waals surface area contributed by atoms with Crippen LogP contribution < -0.4 is 4.74 Å². The Morgan fingerprint density at radius 1 is 1.37 bits per heavy atom. The number of hydrogen-bond acceptors (Lipinski definition) is 4. The second-order valence-corrected chi connectivity index (χ2v) is 6.22. The van der Waals surface area contributed by atoms with Crippen molar-refractivity contribution in [3.63, 3.8) is 0 Å². The number of benzene rings is 1. The highest BCUT2D eigenvalue weighted by molar-refractivity contribution is 7.89. The molecule has 0 radical (unpaired) electrons. The van der Waals surface area contributed by atoms with E-state index < -0.39 is 28.2 Å². The summed E-state index contributed by atoms with van der Waals surface area (Å²) >= 11 is 0. The number of ether oxygens (including phenoxy) is 1. The summed E-state index contributed by atoms with van der Waals surface area (Å²) in [5.41, 5.74) is 0.728. The number of hydrogen-bond donors (Lipinski definition) is 1. The molecule has 0 heterocycles. The summed E-state index contributed by atoms with van der Waals surface area (Å²) in [6, 6.07) is 7.09. The lowest BCUT2D eigenvalue weighted by molar-refractivity contribution is -0.136. The van der Waals surface area contributed by atoms with Crippen LogP contribution in [-0.2, 0) is 21.4 Å². The number of nitrogens with zero attached hydrogens (tertiary/aromatic N) is 1. The van der Waals surface area contributed by atoms with Crippen molar-refractivity contribution in [1.82, 2.24) is 4.31 Å². The Labute approximate surface area is 112 Å². The van der Waals surface area contributed by atoms with Gasteiger partial charge in [-0.3, -0.25) is 4.79 Å². The lowest BCUT2D eigenvalue weighted by Crippen LogP contribution is -2.29. The lowest BCUT2D eigenvalue weighted by atomic mass is 10.2. The summed E-state index contributed by atoms with van der Waals surface area (Å²) in [5, 5.41) is 8.53. The summed E-state index contributed by atoms with van der Waals surface area (Å²) in [5.74, 6) is -0.939. The van der Waals surface area contributed by atoms with Crippen molar-refractivity contribution in [2.75, 3.05) is 19.9 Å². The zero-order valence-corrected chi connectivity index (χ0v) is 11.7. The fourth-order valence-electron chi connectivity index (χ4n) is 1.54. The van der Waals surface area contributed by atoms with Crippen LogP contribution in [0, 0.1) is 0 Å². The van der Waals surface area contributed by atoms with Gasteiger partial charge in [0.2, 0.25) is 10.0 Å². The van der Waals surface area contributed by atoms with Gasteiger partial charge in [0, 0.05) is 19.2 Å². The van der Waals surface area contributed by atoms with Gasteiger partial charge in [-0.05, 0) is 6.07 Å². The third-order valence-electron chi connectivity index (χ3n) is 2.63. The quantitative estimate of drug-likeness (QED) is 0.806. The SMILES string of the molecule is COc1ccccc1CN(C)S(=O)(=O)CCC(=O)O. The van der Waals surface area contributed by atoms with Gasteiger partial charge in [-0.2, -0.15) is 0 Å². The monoisotopic (exact) mass is 287 g/mol. The maximum atomic E-state index is 11.9. The first-order chi connectivity index (χ1) is 8.86. The van der Waals surface area contributed by atoms with Gasteiger partial charge >= 0.3 is 5.97 Å². The number of carboxylic acids is 1. The fourth-order valence-corrected chi connectivity index (χ4v) is 2.62. The first kappa shape index (κ1) is 15.5. The molecular formula is C12H17NO5S. The average molecular weight is 287 g/mol. The number of carbonyl (C=O) groups is 1. The Balaban J connectivity index is 2.78. The number of methoxy groups -OCH3 is 1. The van der Waals surface area contributed by atoms with Crippen LogP contribution >= 0.6 is 0 Å². The topological polar surface area (TPSA) is 83.9 Å². The van der Waals surface area contributed by atoms with E-state index in [2.05, 4.69) is 0 Å². The Morgan fingerprint density at radius 2 is 2.00 bits per heavy atom. The molecule has 6 nitrogen and oxygen atoms in total. The highest BCUT2D eigenvalue weighted by atomic mass is 32.2. The van der Waals surface area contributed by atoms with Crippen molar-refractivity contribution in [2.24, 2.45) is 0 Å². The van der Waals surface area contributed by atoms with Crippen LogP contribution in [0.3, 0.4) is 0 Å². The molecule has 0 aliphatic rings. The minimum Gasteiger partial charge on any atom is -0.496 e. The molecule has 0 bridgehead atoms. The van der Waals surface area contributed by atoms with E-state index in [1.165, 1.54) is 14.2 Å². The maximum absolute atomic E-state index is 11.9. The average Bonchev–Trinajstić information content (AvgIpc) is 2.37. The third-order valence-corrected chi connectivity index (χ3v) is 4.43. The van der Waals surface area contributed by atoms with Crippen LogP contribution in [0.5, 0.6) is 5.75 Å². The molecule has 7 heteroatoms. The molecule has 106 valence electrons. The third kappa shape index (κ3) is 4.53. The smallest absolute Gasteiger partial charge is 0.304 e. The predicted octanol–water partition coefficient (Wildman–Crippen LogP) is 0.932. The van der Waals surface area contributed by atoms with Gasteiger partial charge in [0.25, 0.3) is 0 Å². The summed E-state index contributed by atoms with van der Waals surface area (Å²) in [6.07, 6.45) is -0.404. The summed E-state index contributed by atoms with van der Waals surface area (Å²) in [7, 11) is -0.650. The molecule has 0 aliphatic carbocycles. The number of aliphatic carboxylic acids is 1. The maximum Gasteiger partial charge on any atom is 0.304 e. The van der Waals surface area contributed by atoms with Crippen LogP contribution in [-0.4, -0.2) is 43.7 Å². The summed E-state index contributed by atoms with van der Waals surface area (Å²) in [4.78, 5) is 10.4. The number of rotatable bonds is 7. The summed E-state index contributed by atoms with van der Waals surface area (Å²) in [6.45, 7) is 0.145. The van der Waals surface area contributed by atoms with Crippen molar-refractivity contribution in [3.8, 4) is 5.75 Å². The molecule has 0 unspecified atom stereocenters. The van der Waals surface area contributed by atoms with Crippen molar-refractivity contribution in [2.45, 2.75) is 13.0 Å². The van der Waals surface area contributed by atoms with Crippen LogP contribution in [0.4, 0.5) is 0 Å². The molecule has 1 aromatic carbocycles. The van der Waals surface area contributed by atoms with Gasteiger partial charge in [0.15, 0.2) is 0 Å². The molecule has 0 fully saturated rings. The van der Waals surface area contributed by atoms with Crippen LogP contribution in [0.2, 0.25) is 0 Å². The fraction of sp³-hybridized carbons (Fsp3) is 0.417. The van der Waals surface area contributed by atoms with E-state index in [1.54, 1.807) is 24.3 Å². The minimum atomic E-state index is -3.58. The Kier molecular flexibility index (Phi) is 5.31. The first-order valence-corrected chi connectivity index (χ1v) is 7.25. The zero-order chi connectivity index (χ0) is 14.5. The van der Waals surface area contributed by atoms with E-state index in [-0.39, 0.29) is 6.54 Å². The molecule has 1 N–H and O–H groups in total. The van der Waals surface area contributed by atoms with Gasteiger partial charge in [-0.25, -0.2) is 12.7 Å². The van der Waals surface area contributed by atoms with Gasteiger partial charge in [0.1, 0.15) is 5.75 Å². The van der Waals surface area contributed by atoms with E-state index in [4.69, 9.17) is 9.84 Å². The molecule has 0 aliphatic heterocycles. The highest BCUT2D eigenvalue weighted by Crippen LogP contribution is 2.20. The molecule has 1 aromatic rings.